The van der Waals surface area contributed by atoms with Crippen LogP contribution in [0.25, 0.3) is 0 Å². The molecule has 0 heterocycles. The lowest BCUT2D eigenvalue weighted by atomic mass is 10.0. The number of halogens is 6. The Morgan fingerprint density at radius 2 is 1.71 bits per heavy atom. The van der Waals surface area contributed by atoms with Crippen LogP contribution in [0, 0.1) is 6.92 Å². The molecule has 0 radical (unpaired) electrons. The summed E-state index contributed by atoms with van der Waals surface area (Å²) in [7, 11) is 0. The average molecular weight is 379 g/mol. The van der Waals surface area contributed by atoms with Gasteiger partial charge >= 0.3 is 12.3 Å². The van der Waals surface area contributed by atoms with Gasteiger partial charge in [-0.05, 0) is 30.2 Å². The highest BCUT2D eigenvalue weighted by Gasteiger charge is 2.48. The Labute approximate surface area is 113 Å². The topological polar surface area (TPSA) is 26.0 Å². The first-order valence-electron chi connectivity index (χ1n) is 4.55. The fraction of sp³-hybridized carbons (Fsp3) is 0.400. The third kappa shape index (κ3) is 3.00. The molecule has 1 atom stereocenters. The van der Waals surface area contributed by atoms with Crippen molar-refractivity contribution in [2.24, 2.45) is 5.73 Å². The van der Waals surface area contributed by atoms with E-state index in [0.717, 1.165) is 5.56 Å². The number of hydrogen-bond acceptors (Lipinski definition) is 1. The quantitative estimate of drug-likeness (QED) is 0.774. The molecule has 2 N–H and O–H groups in total. The predicted octanol–water partition coefficient (Wildman–Crippen LogP) is 4.42. The van der Waals surface area contributed by atoms with Gasteiger partial charge in [-0.15, -0.1) is 0 Å². The van der Waals surface area contributed by atoms with Gasteiger partial charge in [0.25, 0.3) is 0 Å². The van der Waals surface area contributed by atoms with Crippen molar-refractivity contribution in [1.29, 1.82) is 0 Å². The minimum atomic E-state index is -4.27. The Bertz CT molecular complexity index is 423. The maximum atomic E-state index is 13.1. The van der Waals surface area contributed by atoms with Gasteiger partial charge in [0.05, 0.1) is 0 Å². The van der Waals surface area contributed by atoms with Gasteiger partial charge in [-0.1, -0.05) is 31.9 Å². The summed E-state index contributed by atoms with van der Waals surface area (Å²) < 4.78 is 51.5. The molecule has 0 aliphatic rings. The van der Waals surface area contributed by atoms with Crippen molar-refractivity contribution in [2.45, 2.75) is 25.3 Å². The van der Waals surface area contributed by atoms with Crippen molar-refractivity contribution in [1.82, 2.24) is 0 Å². The van der Waals surface area contributed by atoms with Crippen LogP contribution in [0.4, 0.5) is 17.6 Å². The molecule has 1 nitrogen and oxygen atoms in total. The van der Waals surface area contributed by atoms with E-state index in [1.54, 1.807) is 13.0 Å². The molecule has 0 aliphatic carbocycles. The van der Waals surface area contributed by atoms with Crippen LogP contribution in [0.1, 0.15) is 17.2 Å². The molecule has 0 saturated carbocycles. The Morgan fingerprint density at radius 3 is 2.18 bits per heavy atom. The molecule has 1 aromatic carbocycles. The van der Waals surface area contributed by atoms with Gasteiger partial charge in [-0.25, -0.2) is 8.78 Å². The van der Waals surface area contributed by atoms with Gasteiger partial charge in [0.15, 0.2) is 0 Å². The Kier molecular flexibility index (Phi) is 4.60. The fourth-order valence-corrected chi connectivity index (χ4v) is 2.31. The molecule has 1 unspecified atom stereocenters. The van der Waals surface area contributed by atoms with Crippen LogP contribution in [0.2, 0.25) is 0 Å². The second-order valence-electron chi connectivity index (χ2n) is 3.58. The number of rotatable bonds is 3. The zero-order valence-corrected chi connectivity index (χ0v) is 11.8. The summed E-state index contributed by atoms with van der Waals surface area (Å²) in [6, 6.07) is 0.801. The van der Waals surface area contributed by atoms with Crippen LogP contribution in [-0.2, 0) is 0 Å². The predicted molar refractivity (Wildman–Crippen MR) is 64.5 cm³/mol. The summed E-state index contributed by atoms with van der Waals surface area (Å²) in [4.78, 5) is 0. The minimum absolute atomic E-state index is 0.0622. The van der Waals surface area contributed by atoms with Crippen molar-refractivity contribution in [3.8, 4) is 0 Å². The second kappa shape index (κ2) is 5.24. The van der Waals surface area contributed by atoms with E-state index in [9.17, 15) is 17.6 Å². The third-order valence-corrected chi connectivity index (χ3v) is 3.86. The smallest absolute Gasteiger partial charge is 0.319 e. The lowest BCUT2D eigenvalue weighted by Gasteiger charge is -2.24. The highest BCUT2D eigenvalue weighted by molar-refractivity contribution is 9.11. The molecule has 0 aliphatic heterocycles. The van der Waals surface area contributed by atoms with Gasteiger partial charge in [-0.3, -0.25) is 0 Å². The summed E-state index contributed by atoms with van der Waals surface area (Å²) in [6.45, 7) is 1.75. The molecule has 0 fully saturated rings. The van der Waals surface area contributed by atoms with Gasteiger partial charge in [0.1, 0.15) is 6.04 Å². The van der Waals surface area contributed by atoms with Gasteiger partial charge in [0.2, 0.25) is 0 Å². The van der Waals surface area contributed by atoms with Crippen LogP contribution in [0.5, 0.6) is 0 Å². The maximum Gasteiger partial charge on any atom is 0.326 e. The molecule has 96 valence electrons. The lowest BCUT2D eigenvalue weighted by molar-refractivity contribution is -0.144. The number of aryl methyl sites for hydroxylation is 1. The molecule has 1 rings (SSSR count). The highest BCUT2D eigenvalue weighted by atomic mass is 79.9. The first-order chi connectivity index (χ1) is 7.67. The molecule has 0 aromatic heterocycles. The SMILES string of the molecule is Cc1cc(Br)c(C(N)C(F)(F)C(F)F)cc1Br. The number of hydrogen-bond donors (Lipinski definition) is 1. The summed E-state index contributed by atoms with van der Waals surface area (Å²) in [5.74, 6) is -4.27. The number of alkyl halides is 4. The molecule has 0 saturated heterocycles. The van der Waals surface area contributed by atoms with E-state index in [4.69, 9.17) is 5.73 Å². The number of nitrogens with two attached hydrogens (primary N) is 1. The largest absolute Gasteiger partial charge is 0.326 e. The standard InChI is InChI=1S/C10H9Br2F4N/c1-4-2-7(12)5(3-6(4)11)8(17)10(15,16)9(13)14/h2-3,8-9H,17H2,1H3. The van der Waals surface area contributed by atoms with Crippen molar-refractivity contribution >= 4 is 31.9 Å². The van der Waals surface area contributed by atoms with Gasteiger partial charge < -0.3 is 5.73 Å². The van der Waals surface area contributed by atoms with Crippen LogP contribution in [0.15, 0.2) is 21.1 Å². The maximum absolute atomic E-state index is 13.1. The molecule has 0 amide bonds. The first kappa shape index (κ1) is 14.9. The molecule has 17 heavy (non-hydrogen) atoms. The monoisotopic (exact) mass is 377 g/mol. The third-order valence-electron chi connectivity index (χ3n) is 2.32. The second-order valence-corrected chi connectivity index (χ2v) is 5.28. The van der Waals surface area contributed by atoms with Gasteiger partial charge in [0, 0.05) is 8.95 Å². The Hall–Kier alpha value is -0.140. The molecule has 1 aromatic rings. The van der Waals surface area contributed by atoms with E-state index in [1.165, 1.54) is 6.07 Å². The highest BCUT2D eigenvalue weighted by Crippen LogP contribution is 2.39. The van der Waals surface area contributed by atoms with Crippen LogP contribution >= 0.6 is 31.9 Å². The Balaban J connectivity index is 3.21. The number of benzene rings is 1. The fourth-order valence-electron chi connectivity index (χ4n) is 1.24. The van der Waals surface area contributed by atoms with Crippen LogP contribution in [0.3, 0.4) is 0 Å². The van der Waals surface area contributed by atoms with E-state index < -0.39 is 18.4 Å². The van der Waals surface area contributed by atoms with E-state index in [0.29, 0.717) is 4.47 Å². The summed E-state index contributed by atoms with van der Waals surface area (Å²) in [6.07, 6.45) is -3.80. The summed E-state index contributed by atoms with van der Waals surface area (Å²) in [5, 5.41) is 0. The lowest BCUT2D eigenvalue weighted by Crippen LogP contribution is -2.39. The summed E-state index contributed by atoms with van der Waals surface area (Å²) >= 11 is 6.19. The zero-order valence-electron chi connectivity index (χ0n) is 8.65. The van der Waals surface area contributed by atoms with E-state index in [2.05, 4.69) is 31.9 Å². The van der Waals surface area contributed by atoms with E-state index in [1.807, 2.05) is 0 Å². The first-order valence-corrected chi connectivity index (χ1v) is 6.13. The molecule has 7 heteroatoms. The summed E-state index contributed by atoms with van der Waals surface area (Å²) in [5.41, 5.74) is 5.94. The van der Waals surface area contributed by atoms with Crippen molar-refractivity contribution in [3.05, 3.63) is 32.2 Å². The minimum Gasteiger partial charge on any atom is -0.319 e. The zero-order chi connectivity index (χ0) is 13.4. The van der Waals surface area contributed by atoms with Crippen molar-refractivity contribution in [2.75, 3.05) is 0 Å². The van der Waals surface area contributed by atoms with E-state index in [-0.39, 0.29) is 10.0 Å². The normalized spacial score (nSPS) is 14.2. The van der Waals surface area contributed by atoms with Crippen LogP contribution < -0.4 is 5.73 Å². The average Bonchev–Trinajstić information content (AvgIpc) is 2.22. The van der Waals surface area contributed by atoms with E-state index >= 15 is 0 Å². The molecule has 0 spiro atoms. The Morgan fingerprint density at radius 1 is 1.18 bits per heavy atom. The van der Waals surface area contributed by atoms with Crippen molar-refractivity contribution in [3.63, 3.8) is 0 Å². The molecule has 0 bridgehead atoms. The van der Waals surface area contributed by atoms with Gasteiger partial charge in [-0.2, -0.15) is 8.78 Å². The molecular weight excluding hydrogens is 370 g/mol. The molecular formula is C10H9Br2F4N. The van der Waals surface area contributed by atoms with Crippen molar-refractivity contribution < 1.29 is 17.6 Å². The van der Waals surface area contributed by atoms with Crippen LogP contribution in [-0.4, -0.2) is 12.3 Å².